The van der Waals surface area contributed by atoms with Gasteiger partial charge in [0.1, 0.15) is 6.54 Å². The molecular weight excluding hydrogens is 346 g/mol. The van der Waals surface area contributed by atoms with Crippen LogP contribution in [0.4, 0.5) is 0 Å². The van der Waals surface area contributed by atoms with Gasteiger partial charge >= 0.3 is 0 Å². The minimum atomic E-state index is -0.540. The molecule has 144 valence electrons. The number of ketones is 1. The van der Waals surface area contributed by atoms with E-state index in [1.165, 1.54) is 4.90 Å². The van der Waals surface area contributed by atoms with Gasteiger partial charge in [-0.2, -0.15) is 0 Å². The van der Waals surface area contributed by atoms with E-state index in [9.17, 15) is 14.4 Å². The average Bonchev–Trinajstić information content (AvgIpc) is 3.07. The number of nitrogens with zero attached hydrogens (tertiary/aromatic N) is 3. The first-order valence-electron chi connectivity index (χ1n) is 9.33. The van der Waals surface area contributed by atoms with Gasteiger partial charge < -0.3 is 19.1 Å². The predicted octanol–water partition coefficient (Wildman–Crippen LogP) is 1.55. The Morgan fingerprint density at radius 2 is 1.74 bits per heavy atom. The molecule has 1 aliphatic heterocycles. The highest BCUT2D eigenvalue weighted by Gasteiger charge is 2.27. The van der Waals surface area contributed by atoms with Crippen molar-refractivity contribution in [3.05, 3.63) is 36.0 Å². The normalized spacial score (nSPS) is 14.4. The molecule has 1 saturated heterocycles. The maximum absolute atomic E-state index is 12.9. The monoisotopic (exact) mass is 371 g/mol. The van der Waals surface area contributed by atoms with E-state index in [1.54, 1.807) is 15.7 Å². The first-order chi connectivity index (χ1) is 13.1. The summed E-state index contributed by atoms with van der Waals surface area (Å²) in [6.45, 7) is 7.01. The molecule has 1 aliphatic rings. The van der Waals surface area contributed by atoms with E-state index in [4.69, 9.17) is 4.74 Å². The van der Waals surface area contributed by atoms with E-state index < -0.39 is 11.7 Å². The molecule has 0 saturated carbocycles. The standard InChI is InChI=1S/C20H25N3O4/c1-3-21(4-2)18(24)14-23-13-16(15-7-5-6-8-17(15)23)19(25)20(26)22-9-11-27-12-10-22/h5-8,13H,3-4,9-12,14H2,1-2H3. The maximum Gasteiger partial charge on any atom is 0.295 e. The van der Waals surface area contributed by atoms with Crippen LogP contribution in [0.5, 0.6) is 0 Å². The van der Waals surface area contributed by atoms with Crippen molar-refractivity contribution in [2.24, 2.45) is 0 Å². The van der Waals surface area contributed by atoms with Gasteiger partial charge in [-0.1, -0.05) is 18.2 Å². The molecule has 0 bridgehead atoms. The molecule has 7 heteroatoms. The predicted molar refractivity (Wildman–Crippen MR) is 102 cm³/mol. The smallest absolute Gasteiger partial charge is 0.295 e. The van der Waals surface area contributed by atoms with Crippen LogP contribution >= 0.6 is 0 Å². The van der Waals surface area contributed by atoms with E-state index in [1.807, 2.05) is 38.1 Å². The molecular formula is C20H25N3O4. The number of ether oxygens (including phenoxy) is 1. The molecule has 0 radical (unpaired) electrons. The lowest BCUT2D eigenvalue weighted by molar-refractivity contribution is -0.131. The van der Waals surface area contributed by atoms with E-state index in [0.29, 0.717) is 50.3 Å². The lowest BCUT2D eigenvalue weighted by Gasteiger charge is -2.25. The third-order valence-electron chi connectivity index (χ3n) is 4.95. The average molecular weight is 371 g/mol. The Morgan fingerprint density at radius 1 is 1.07 bits per heavy atom. The van der Waals surface area contributed by atoms with Gasteiger partial charge in [0.05, 0.1) is 18.8 Å². The second-order valence-electron chi connectivity index (χ2n) is 6.49. The SMILES string of the molecule is CCN(CC)C(=O)Cn1cc(C(=O)C(=O)N2CCOCC2)c2ccccc21. The lowest BCUT2D eigenvalue weighted by Crippen LogP contribution is -2.44. The zero-order valence-electron chi connectivity index (χ0n) is 15.8. The van der Waals surface area contributed by atoms with Gasteiger partial charge in [0, 0.05) is 43.3 Å². The molecule has 2 heterocycles. The van der Waals surface area contributed by atoms with Crippen LogP contribution < -0.4 is 0 Å². The Bertz CT molecular complexity index is 848. The number of benzene rings is 1. The number of aromatic nitrogens is 1. The van der Waals surface area contributed by atoms with Crippen LogP contribution in [0.1, 0.15) is 24.2 Å². The molecule has 0 spiro atoms. The highest BCUT2D eigenvalue weighted by atomic mass is 16.5. The van der Waals surface area contributed by atoms with Crippen molar-refractivity contribution in [3.8, 4) is 0 Å². The first kappa shape index (κ1) is 19.1. The Hall–Kier alpha value is -2.67. The number of likely N-dealkylation sites (N-methyl/N-ethyl adjacent to an activating group) is 1. The van der Waals surface area contributed by atoms with Crippen molar-refractivity contribution >= 4 is 28.5 Å². The molecule has 1 fully saturated rings. The number of amides is 2. The second-order valence-corrected chi connectivity index (χ2v) is 6.49. The molecule has 2 amide bonds. The minimum Gasteiger partial charge on any atom is -0.378 e. The minimum absolute atomic E-state index is 0.0146. The summed E-state index contributed by atoms with van der Waals surface area (Å²) in [5.74, 6) is -1.07. The number of morpholine rings is 1. The van der Waals surface area contributed by atoms with Gasteiger partial charge in [0.2, 0.25) is 5.91 Å². The van der Waals surface area contributed by atoms with Gasteiger partial charge in [-0.05, 0) is 19.9 Å². The van der Waals surface area contributed by atoms with Crippen molar-refractivity contribution in [1.29, 1.82) is 0 Å². The summed E-state index contributed by atoms with van der Waals surface area (Å²) in [6, 6.07) is 7.36. The van der Waals surface area contributed by atoms with E-state index in [0.717, 1.165) is 5.52 Å². The van der Waals surface area contributed by atoms with Crippen LogP contribution in [0, 0.1) is 0 Å². The Morgan fingerprint density at radius 3 is 2.41 bits per heavy atom. The summed E-state index contributed by atoms with van der Waals surface area (Å²) >= 11 is 0. The maximum atomic E-state index is 12.9. The van der Waals surface area contributed by atoms with E-state index in [2.05, 4.69) is 0 Å². The zero-order chi connectivity index (χ0) is 19.4. The topological polar surface area (TPSA) is 71.9 Å². The fourth-order valence-corrected chi connectivity index (χ4v) is 3.41. The summed E-state index contributed by atoms with van der Waals surface area (Å²) in [6.07, 6.45) is 1.63. The van der Waals surface area contributed by atoms with Gasteiger partial charge in [-0.15, -0.1) is 0 Å². The number of para-hydroxylation sites is 1. The van der Waals surface area contributed by atoms with Crippen LogP contribution in [0.2, 0.25) is 0 Å². The number of rotatable bonds is 6. The molecule has 2 aromatic rings. The molecule has 0 atom stereocenters. The third-order valence-corrected chi connectivity index (χ3v) is 4.95. The number of carbonyl (C=O) groups excluding carboxylic acids is 3. The van der Waals surface area contributed by atoms with E-state index in [-0.39, 0.29) is 12.5 Å². The van der Waals surface area contributed by atoms with E-state index >= 15 is 0 Å². The summed E-state index contributed by atoms with van der Waals surface area (Å²) in [7, 11) is 0. The van der Waals surface area contributed by atoms with Crippen LogP contribution in [0.15, 0.2) is 30.5 Å². The molecule has 0 N–H and O–H groups in total. The quantitative estimate of drug-likeness (QED) is 0.571. The fourth-order valence-electron chi connectivity index (χ4n) is 3.41. The summed E-state index contributed by atoms with van der Waals surface area (Å²) in [4.78, 5) is 41.3. The Balaban J connectivity index is 1.91. The highest BCUT2D eigenvalue weighted by Crippen LogP contribution is 2.23. The molecule has 3 rings (SSSR count). The van der Waals surface area contributed by atoms with Crippen LogP contribution in [0.25, 0.3) is 10.9 Å². The Kier molecular flexibility index (Phi) is 5.91. The zero-order valence-corrected chi connectivity index (χ0v) is 15.8. The summed E-state index contributed by atoms with van der Waals surface area (Å²) < 4.78 is 7.01. The third kappa shape index (κ3) is 3.88. The number of hydrogen-bond donors (Lipinski definition) is 0. The number of fused-ring (bicyclic) bond motifs is 1. The number of Topliss-reactive ketones (excluding diaryl/α,β-unsaturated/α-hetero) is 1. The van der Waals surface area contributed by atoms with Gasteiger partial charge in [0.15, 0.2) is 0 Å². The second kappa shape index (κ2) is 8.35. The molecule has 1 aromatic heterocycles. The molecule has 27 heavy (non-hydrogen) atoms. The largest absolute Gasteiger partial charge is 0.378 e. The van der Waals surface area contributed by atoms with Crippen molar-refractivity contribution in [2.45, 2.75) is 20.4 Å². The van der Waals surface area contributed by atoms with Crippen molar-refractivity contribution in [2.75, 3.05) is 39.4 Å². The molecule has 1 aromatic carbocycles. The number of hydrogen-bond acceptors (Lipinski definition) is 4. The van der Waals surface area contributed by atoms with Crippen LogP contribution in [-0.2, 0) is 20.9 Å². The summed E-state index contributed by atoms with van der Waals surface area (Å²) in [5, 5.41) is 0.691. The summed E-state index contributed by atoms with van der Waals surface area (Å²) in [5.41, 5.74) is 1.12. The van der Waals surface area contributed by atoms with Gasteiger partial charge in [-0.3, -0.25) is 14.4 Å². The number of carbonyl (C=O) groups is 3. The molecule has 0 aliphatic carbocycles. The Labute approximate surface area is 158 Å². The molecule has 7 nitrogen and oxygen atoms in total. The highest BCUT2D eigenvalue weighted by molar-refractivity contribution is 6.44. The lowest BCUT2D eigenvalue weighted by atomic mass is 10.1. The fraction of sp³-hybridized carbons (Fsp3) is 0.450. The van der Waals surface area contributed by atoms with Crippen LogP contribution in [-0.4, -0.2) is 71.4 Å². The van der Waals surface area contributed by atoms with Crippen molar-refractivity contribution < 1.29 is 19.1 Å². The van der Waals surface area contributed by atoms with Crippen molar-refractivity contribution in [3.63, 3.8) is 0 Å². The van der Waals surface area contributed by atoms with Gasteiger partial charge in [-0.25, -0.2) is 0 Å². The van der Waals surface area contributed by atoms with Crippen LogP contribution in [0.3, 0.4) is 0 Å². The van der Waals surface area contributed by atoms with Crippen molar-refractivity contribution in [1.82, 2.24) is 14.4 Å². The van der Waals surface area contributed by atoms with Gasteiger partial charge in [0.25, 0.3) is 11.7 Å². The first-order valence-corrected chi connectivity index (χ1v) is 9.33. The molecule has 0 unspecified atom stereocenters.